The van der Waals surface area contributed by atoms with E-state index in [0.29, 0.717) is 6.07 Å². The highest BCUT2D eigenvalue weighted by Crippen LogP contribution is 2.37. The zero-order valence-electron chi connectivity index (χ0n) is 17.9. The Hall–Kier alpha value is -2.94. The number of halogens is 4. The minimum absolute atomic E-state index is 0.0567. The van der Waals surface area contributed by atoms with E-state index in [4.69, 9.17) is 0 Å². The second-order valence-electron chi connectivity index (χ2n) is 8.88. The molecule has 0 radical (unpaired) electrons. The van der Waals surface area contributed by atoms with Crippen molar-refractivity contribution in [2.45, 2.75) is 51.6 Å². The molecule has 2 unspecified atom stereocenters. The highest BCUT2D eigenvalue weighted by molar-refractivity contribution is 5.90. The number of hydrogen-bond donors (Lipinski definition) is 3. The van der Waals surface area contributed by atoms with Crippen molar-refractivity contribution in [3.63, 3.8) is 0 Å². The van der Waals surface area contributed by atoms with Crippen LogP contribution in [0.15, 0.2) is 48.5 Å². The van der Waals surface area contributed by atoms with E-state index >= 15 is 0 Å². The van der Waals surface area contributed by atoms with Gasteiger partial charge >= 0.3 is 6.18 Å². The summed E-state index contributed by atoms with van der Waals surface area (Å²) in [7, 11) is 0. The summed E-state index contributed by atoms with van der Waals surface area (Å²) in [6, 6.07) is 9.48. The van der Waals surface area contributed by atoms with Gasteiger partial charge in [0.15, 0.2) is 0 Å². The molecule has 1 saturated heterocycles. The molecule has 0 spiro atoms. The first-order chi connectivity index (χ1) is 14.9. The Morgan fingerprint density at radius 2 is 1.75 bits per heavy atom. The summed E-state index contributed by atoms with van der Waals surface area (Å²) < 4.78 is 53.4. The summed E-state index contributed by atoms with van der Waals surface area (Å²) in [5.74, 6) is -1.93. The van der Waals surface area contributed by atoms with Crippen molar-refractivity contribution >= 4 is 11.8 Å². The Morgan fingerprint density at radius 3 is 2.31 bits per heavy atom. The summed E-state index contributed by atoms with van der Waals surface area (Å²) in [6.45, 7) is 5.22. The Kier molecular flexibility index (Phi) is 6.59. The second kappa shape index (κ2) is 8.90. The second-order valence-corrected chi connectivity index (χ2v) is 8.88. The Balaban J connectivity index is 1.83. The topological polar surface area (TPSA) is 70.2 Å². The predicted molar refractivity (Wildman–Crippen MR) is 111 cm³/mol. The number of nitrogens with one attached hydrogen (secondary N) is 3. The van der Waals surface area contributed by atoms with Crippen molar-refractivity contribution in [2.75, 3.05) is 0 Å². The number of amides is 2. The molecule has 172 valence electrons. The van der Waals surface area contributed by atoms with Gasteiger partial charge in [0.1, 0.15) is 12.0 Å². The van der Waals surface area contributed by atoms with Crippen LogP contribution in [0.1, 0.15) is 56.1 Å². The fraction of sp³-hybridized carbons (Fsp3) is 0.391. The molecule has 1 aliphatic rings. The highest BCUT2D eigenvalue weighted by atomic mass is 19.4. The van der Waals surface area contributed by atoms with E-state index in [9.17, 15) is 27.2 Å². The molecule has 9 heteroatoms. The molecular formula is C23H25F4N3O2. The summed E-state index contributed by atoms with van der Waals surface area (Å²) in [6.07, 6.45) is -5.38. The summed E-state index contributed by atoms with van der Waals surface area (Å²) in [5.41, 5.74) is -1.11. The van der Waals surface area contributed by atoms with Gasteiger partial charge in [-0.15, -0.1) is 0 Å². The standard InChI is InChI=1S/C23H25F4N3O2/c1-22(2,3)19(15-10-9-14(11-16(15)24)23(25,26)27)30-21(32)17-12-18(31)29-20(28-17)13-7-5-4-6-8-13/h4-11,17,19-20,28H,12H2,1-3H3,(H,29,31)(H,30,32)/t17?,19-,20?/m0/s1. The molecule has 3 N–H and O–H groups in total. The van der Waals surface area contributed by atoms with Gasteiger partial charge in [-0.1, -0.05) is 57.2 Å². The van der Waals surface area contributed by atoms with E-state index in [-0.39, 0.29) is 17.9 Å². The lowest BCUT2D eigenvalue weighted by Gasteiger charge is -2.36. The summed E-state index contributed by atoms with van der Waals surface area (Å²) in [4.78, 5) is 25.2. The van der Waals surface area contributed by atoms with Crippen LogP contribution in [0.5, 0.6) is 0 Å². The molecule has 32 heavy (non-hydrogen) atoms. The monoisotopic (exact) mass is 451 g/mol. The van der Waals surface area contributed by atoms with Gasteiger partial charge in [-0.2, -0.15) is 13.2 Å². The summed E-state index contributed by atoms with van der Waals surface area (Å²) >= 11 is 0. The number of alkyl halides is 3. The van der Waals surface area contributed by atoms with E-state index in [1.807, 2.05) is 6.07 Å². The number of carbonyl (C=O) groups excluding carboxylic acids is 2. The number of benzene rings is 2. The third-order valence-electron chi connectivity index (χ3n) is 5.30. The SMILES string of the molecule is CC(C)(C)[C@@H](NC(=O)C1CC(=O)NC(c2ccccc2)N1)c1ccc(C(F)(F)F)cc1F. The Morgan fingerprint density at radius 1 is 1.09 bits per heavy atom. The maximum absolute atomic E-state index is 14.7. The molecule has 0 aromatic heterocycles. The van der Waals surface area contributed by atoms with Gasteiger partial charge in [-0.25, -0.2) is 4.39 Å². The van der Waals surface area contributed by atoms with Gasteiger partial charge in [-0.3, -0.25) is 14.9 Å². The molecule has 0 bridgehead atoms. The molecule has 1 heterocycles. The number of rotatable bonds is 4. The fourth-order valence-electron chi connectivity index (χ4n) is 3.64. The quantitative estimate of drug-likeness (QED) is 0.610. The Bertz CT molecular complexity index is 987. The first-order valence-electron chi connectivity index (χ1n) is 10.1. The molecular weight excluding hydrogens is 426 g/mol. The molecule has 0 aliphatic carbocycles. The molecule has 2 aromatic rings. The molecule has 2 aromatic carbocycles. The van der Waals surface area contributed by atoms with Gasteiger partial charge in [0.25, 0.3) is 0 Å². The summed E-state index contributed by atoms with van der Waals surface area (Å²) in [5, 5.41) is 8.56. The van der Waals surface area contributed by atoms with Crippen LogP contribution in [0, 0.1) is 11.2 Å². The van der Waals surface area contributed by atoms with E-state index in [1.165, 1.54) is 0 Å². The number of hydrogen-bond acceptors (Lipinski definition) is 3. The van der Waals surface area contributed by atoms with E-state index in [1.54, 1.807) is 45.0 Å². The maximum Gasteiger partial charge on any atom is 0.416 e. The fourth-order valence-corrected chi connectivity index (χ4v) is 3.64. The molecule has 3 rings (SSSR count). The van der Waals surface area contributed by atoms with Crippen LogP contribution < -0.4 is 16.0 Å². The molecule has 1 fully saturated rings. The van der Waals surface area contributed by atoms with Crippen molar-refractivity contribution in [1.29, 1.82) is 0 Å². The van der Waals surface area contributed by atoms with E-state index in [0.717, 1.165) is 17.7 Å². The van der Waals surface area contributed by atoms with Crippen LogP contribution in [0.2, 0.25) is 0 Å². The largest absolute Gasteiger partial charge is 0.416 e. The third-order valence-corrected chi connectivity index (χ3v) is 5.30. The average Bonchev–Trinajstić information content (AvgIpc) is 2.71. The van der Waals surface area contributed by atoms with Gasteiger partial charge in [-0.05, 0) is 23.1 Å². The van der Waals surface area contributed by atoms with Crippen LogP contribution in [-0.2, 0) is 15.8 Å². The average molecular weight is 451 g/mol. The van der Waals surface area contributed by atoms with Crippen molar-refractivity contribution in [3.05, 3.63) is 71.0 Å². The van der Waals surface area contributed by atoms with Crippen LogP contribution >= 0.6 is 0 Å². The van der Waals surface area contributed by atoms with E-state index < -0.39 is 47.1 Å². The lowest BCUT2D eigenvalue weighted by Crippen LogP contribution is -2.57. The molecule has 3 atom stereocenters. The zero-order chi connectivity index (χ0) is 23.7. The normalized spacial score (nSPS) is 20.4. The van der Waals surface area contributed by atoms with Crippen LogP contribution in [-0.4, -0.2) is 17.9 Å². The maximum atomic E-state index is 14.7. The van der Waals surface area contributed by atoms with Gasteiger partial charge in [0, 0.05) is 5.56 Å². The van der Waals surface area contributed by atoms with Gasteiger partial charge in [0.2, 0.25) is 11.8 Å². The molecule has 0 saturated carbocycles. The first kappa shape index (κ1) is 23.7. The third kappa shape index (κ3) is 5.45. The lowest BCUT2D eigenvalue weighted by atomic mass is 9.81. The van der Waals surface area contributed by atoms with Gasteiger partial charge < -0.3 is 10.6 Å². The van der Waals surface area contributed by atoms with Gasteiger partial charge in [0.05, 0.1) is 24.1 Å². The van der Waals surface area contributed by atoms with Crippen LogP contribution in [0.25, 0.3) is 0 Å². The predicted octanol–water partition coefficient (Wildman–Crippen LogP) is 4.22. The molecule has 1 aliphatic heterocycles. The van der Waals surface area contributed by atoms with Crippen LogP contribution in [0.4, 0.5) is 17.6 Å². The van der Waals surface area contributed by atoms with Crippen molar-refractivity contribution in [3.8, 4) is 0 Å². The highest BCUT2D eigenvalue weighted by Gasteiger charge is 2.37. The van der Waals surface area contributed by atoms with Crippen molar-refractivity contribution in [2.24, 2.45) is 5.41 Å². The molecule has 5 nitrogen and oxygen atoms in total. The minimum Gasteiger partial charge on any atom is -0.347 e. The smallest absolute Gasteiger partial charge is 0.347 e. The Labute approximate surface area is 183 Å². The number of carbonyl (C=O) groups is 2. The molecule has 2 amide bonds. The van der Waals surface area contributed by atoms with E-state index in [2.05, 4.69) is 16.0 Å². The first-order valence-corrected chi connectivity index (χ1v) is 10.1. The zero-order valence-corrected chi connectivity index (χ0v) is 17.9. The van der Waals surface area contributed by atoms with Crippen LogP contribution in [0.3, 0.4) is 0 Å². The van der Waals surface area contributed by atoms with Crippen molar-refractivity contribution in [1.82, 2.24) is 16.0 Å². The lowest BCUT2D eigenvalue weighted by molar-refractivity contribution is -0.137. The van der Waals surface area contributed by atoms with Crippen molar-refractivity contribution < 1.29 is 27.2 Å². The minimum atomic E-state index is -4.67.